The molecule has 0 saturated heterocycles. The van der Waals surface area contributed by atoms with Crippen LogP contribution in [0.1, 0.15) is 30.5 Å². The highest BCUT2D eigenvalue weighted by atomic mass is 35.5. The number of aliphatic hydroxyl groups excluding tert-OH is 1. The molecule has 0 aliphatic heterocycles. The Morgan fingerprint density at radius 3 is 2.00 bits per heavy atom. The standard InChI is InChI=1S/C17H20ClNO2/c1-2-15(11-20)19-17(12-3-7-14(18)8-4-12)13-5-9-16(21)10-6-13/h3-10,15,17,19-21H,2,11H2,1H3/t15-,17?/m0/s1. The molecule has 21 heavy (non-hydrogen) atoms. The molecule has 0 aromatic heterocycles. The monoisotopic (exact) mass is 305 g/mol. The van der Waals surface area contributed by atoms with Crippen LogP contribution in [-0.2, 0) is 0 Å². The van der Waals surface area contributed by atoms with E-state index in [1.165, 1.54) is 0 Å². The number of hydrogen-bond acceptors (Lipinski definition) is 3. The SMILES string of the molecule is CC[C@@H](CO)NC(c1ccc(O)cc1)c1ccc(Cl)cc1. The van der Waals surface area contributed by atoms with Gasteiger partial charge >= 0.3 is 0 Å². The van der Waals surface area contributed by atoms with E-state index in [2.05, 4.69) is 5.32 Å². The zero-order valence-corrected chi connectivity index (χ0v) is 12.7. The Balaban J connectivity index is 2.33. The largest absolute Gasteiger partial charge is 0.508 e. The number of nitrogens with one attached hydrogen (secondary N) is 1. The van der Waals surface area contributed by atoms with Gasteiger partial charge in [-0.1, -0.05) is 42.8 Å². The van der Waals surface area contributed by atoms with Crippen LogP contribution in [0.4, 0.5) is 0 Å². The molecule has 4 heteroatoms. The molecule has 0 spiro atoms. The van der Waals surface area contributed by atoms with E-state index < -0.39 is 0 Å². The number of rotatable bonds is 6. The number of aromatic hydroxyl groups is 1. The van der Waals surface area contributed by atoms with Gasteiger partial charge in [0.1, 0.15) is 5.75 Å². The fourth-order valence-corrected chi connectivity index (χ4v) is 2.37. The molecule has 3 N–H and O–H groups in total. The smallest absolute Gasteiger partial charge is 0.115 e. The summed E-state index contributed by atoms with van der Waals surface area (Å²) in [6.07, 6.45) is 0.832. The lowest BCUT2D eigenvalue weighted by atomic mass is 9.97. The van der Waals surface area contributed by atoms with Crippen molar-refractivity contribution in [3.05, 3.63) is 64.7 Å². The Labute approximate surface area is 130 Å². The maximum Gasteiger partial charge on any atom is 0.115 e. The summed E-state index contributed by atoms with van der Waals surface area (Å²) in [5.41, 5.74) is 2.10. The highest BCUT2D eigenvalue weighted by Gasteiger charge is 2.17. The average molecular weight is 306 g/mol. The Morgan fingerprint density at radius 2 is 1.52 bits per heavy atom. The maximum absolute atomic E-state index is 9.44. The number of hydrogen-bond donors (Lipinski definition) is 3. The second kappa shape index (κ2) is 7.46. The first-order valence-electron chi connectivity index (χ1n) is 7.05. The van der Waals surface area contributed by atoms with Crippen LogP contribution < -0.4 is 5.32 Å². The maximum atomic E-state index is 9.44. The molecule has 0 fully saturated rings. The van der Waals surface area contributed by atoms with Crippen LogP contribution in [0.15, 0.2) is 48.5 Å². The molecule has 2 aromatic rings. The molecule has 0 heterocycles. The van der Waals surface area contributed by atoms with E-state index in [4.69, 9.17) is 11.6 Å². The highest BCUT2D eigenvalue weighted by Crippen LogP contribution is 2.26. The summed E-state index contributed by atoms with van der Waals surface area (Å²) >= 11 is 5.95. The summed E-state index contributed by atoms with van der Waals surface area (Å²) in [5.74, 6) is 0.239. The van der Waals surface area contributed by atoms with Gasteiger partial charge in [-0.05, 0) is 41.8 Å². The van der Waals surface area contributed by atoms with Gasteiger partial charge in [-0.25, -0.2) is 0 Å². The lowest BCUT2D eigenvalue weighted by molar-refractivity contribution is 0.232. The minimum atomic E-state index is -0.0556. The third-order valence-electron chi connectivity index (χ3n) is 3.55. The third-order valence-corrected chi connectivity index (χ3v) is 3.80. The minimum Gasteiger partial charge on any atom is -0.508 e. The molecule has 2 aromatic carbocycles. The number of phenols is 1. The summed E-state index contributed by atoms with van der Waals surface area (Å²) in [6.45, 7) is 2.11. The Kier molecular flexibility index (Phi) is 5.62. The summed E-state index contributed by atoms with van der Waals surface area (Å²) in [7, 11) is 0. The fourth-order valence-electron chi connectivity index (χ4n) is 2.24. The molecule has 0 aliphatic rings. The van der Waals surface area contributed by atoms with Crippen LogP contribution in [0.25, 0.3) is 0 Å². The second-order valence-corrected chi connectivity index (χ2v) is 5.47. The molecule has 0 bridgehead atoms. The summed E-state index contributed by atoms with van der Waals surface area (Å²) < 4.78 is 0. The quantitative estimate of drug-likeness (QED) is 0.765. The number of halogens is 1. The molecule has 0 saturated carbocycles. The topological polar surface area (TPSA) is 52.5 Å². The van der Waals surface area contributed by atoms with E-state index in [1.807, 2.05) is 43.3 Å². The molecule has 0 aliphatic carbocycles. The van der Waals surface area contributed by atoms with Crippen molar-refractivity contribution >= 4 is 11.6 Å². The van der Waals surface area contributed by atoms with Crippen LogP contribution >= 0.6 is 11.6 Å². The van der Waals surface area contributed by atoms with E-state index in [0.29, 0.717) is 5.02 Å². The van der Waals surface area contributed by atoms with Gasteiger partial charge in [-0.3, -0.25) is 0 Å². The molecular weight excluding hydrogens is 286 g/mol. The molecule has 3 nitrogen and oxygen atoms in total. The molecule has 1 unspecified atom stereocenters. The van der Waals surface area contributed by atoms with Crippen molar-refractivity contribution in [3.8, 4) is 5.75 Å². The number of aliphatic hydroxyl groups is 1. The molecule has 2 atom stereocenters. The normalized spacial score (nSPS) is 13.9. The van der Waals surface area contributed by atoms with E-state index in [0.717, 1.165) is 17.5 Å². The summed E-state index contributed by atoms with van der Waals surface area (Å²) in [6, 6.07) is 14.7. The van der Waals surface area contributed by atoms with Gasteiger partial charge in [0, 0.05) is 11.1 Å². The van der Waals surface area contributed by atoms with E-state index in [-0.39, 0.29) is 24.4 Å². The predicted octanol–water partition coefficient (Wildman–Crippen LogP) is 3.50. The Hall–Kier alpha value is -1.55. The van der Waals surface area contributed by atoms with Gasteiger partial charge in [-0.2, -0.15) is 0 Å². The van der Waals surface area contributed by atoms with Crippen LogP contribution in [0.2, 0.25) is 5.02 Å². The Morgan fingerprint density at radius 1 is 1.00 bits per heavy atom. The first kappa shape index (κ1) is 15.8. The third kappa shape index (κ3) is 4.21. The van der Waals surface area contributed by atoms with Crippen LogP contribution in [0.5, 0.6) is 5.75 Å². The molecule has 2 rings (SSSR count). The lowest BCUT2D eigenvalue weighted by Crippen LogP contribution is -2.35. The van der Waals surface area contributed by atoms with E-state index in [9.17, 15) is 10.2 Å². The fraction of sp³-hybridized carbons (Fsp3) is 0.294. The molecular formula is C17H20ClNO2. The van der Waals surface area contributed by atoms with Crippen LogP contribution in [0.3, 0.4) is 0 Å². The van der Waals surface area contributed by atoms with Crippen molar-refractivity contribution in [1.29, 1.82) is 0 Å². The highest BCUT2D eigenvalue weighted by molar-refractivity contribution is 6.30. The van der Waals surface area contributed by atoms with Crippen molar-refractivity contribution in [1.82, 2.24) is 5.32 Å². The van der Waals surface area contributed by atoms with Crippen molar-refractivity contribution in [3.63, 3.8) is 0 Å². The summed E-state index contributed by atoms with van der Waals surface area (Å²) in [4.78, 5) is 0. The van der Waals surface area contributed by atoms with Crippen molar-refractivity contribution in [2.45, 2.75) is 25.4 Å². The van der Waals surface area contributed by atoms with Gasteiger partial charge in [0.15, 0.2) is 0 Å². The predicted molar refractivity (Wildman–Crippen MR) is 85.7 cm³/mol. The first-order chi connectivity index (χ1) is 10.1. The molecule has 112 valence electrons. The zero-order chi connectivity index (χ0) is 15.2. The van der Waals surface area contributed by atoms with E-state index in [1.54, 1.807) is 12.1 Å². The van der Waals surface area contributed by atoms with Gasteiger partial charge < -0.3 is 15.5 Å². The molecule has 0 radical (unpaired) electrons. The van der Waals surface area contributed by atoms with Gasteiger partial charge in [0.05, 0.1) is 12.6 Å². The van der Waals surface area contributed by atoms with Gasteiger partial charge in [0.2, 0.25) is 0 Å². The van der Waals surface area contributed by atoms with Crippen molar-refractivity contribution in [2.75, 3.05) is 6.61 Å². The number of benzene rings is 2. The summed E-state index contributed by atoms with van der Waals surface area (Å²) in [5, 5.41) is 23.0. The molecule has 0 amide bonds. The van der Waals surface area contributed by atoms with E-state index >= 15 is 0 Å². The Bertz CT molecular complexity index is 505. The number of phenolic OH excluding ortho intramolecular Hbond substituents is 1. The average Bonchev–Trinajstić information content (AvgIpc) is 2.51. The second-order valence-electron chi connectivity index (χ2n) is 5.03. The van der Waals surface area contributed by atoms with Gasteiger partial charge in [0.25, 0.3) is 0 Å². The van der Waals surface area contributed by atoms with Crippen molar-refractivity contribution < 1.29 is 10.2 Å². The van der Waals surface area contributed by atoms with Crippen LogP contribution in [0, 0.1) is 0 Å². The zero-order valence-electron chi connectivity index (χ0n) is 12.0. The first-order valence-corrected chi connectivity index (χ1v) is 7.43. The minimum absolute atomic E-state index is 0.0134. The van der Waals surface area contributed by atoms with Crippen molar-refractivity contribution in [2.24, 2.45) is 0 Å². The lowest BCUT2D eigenvalue weighted by Gasteiger charge is -2.25. The van der Waals surface area contributed by atoms with Crippen LogP contribution in [-0.4, -0.2) is 22.9 Å². The van der Waals surface area contributed by atoms with Gasteiger partial charge in [-0.15, -0.1) is 0 Å².